The van der Waals surface area contributed by atoms with Crippen LogP contribution >= 0.6 is 0 Å². The van der Waals surface area contributed by atoms with E-state index in [0.29, 0.717) is 16.9 Å². The average Bonchev–Trinajstić information content (AvgIpc) is 3.45. The minimum atomic E-state index is -1.34. The summed E-state index contributed by atoms with van der Waals surface area (Å²) in [6.07, 6.45) is 2.41. The Balaban J connectivity index is 1.60. The van der Waals surface area contributed by atoms with Crippen LogP contribution in [0.2, 0.25) is 0 Å². The zero-order chi connectivity index (χ0) is 33.9. The lowest BCUT2D eigenvalue weighted by atomic mass is 10.0. The molecule has 1 amide bonds. The number of anilines is 1. The zero-order valence-electron chi connectivity index (χ0n) is 27.2. The Morgan fingerprint density at radius 3 is 2.51 bits per heavy atom. The molecule has 10 nitrogen and oxygen atoms in total. The predicted molar refractivity (Wildman–Crippen MR) is 171 cm³/mol. The van der Waals surface area contributed by atoms with Crippen LogP contribution in [0, 0.1) is 24.4 Å². The Morgan fingerprint density at radius 2 is 1.83 bits per heavy atom. The summed E-state index contributed by atoms with van der Waals surface area (Å²) in [7, 11) is 0. The van der Waals surface area contributed by atoms with Crippen molar-refractivity contribution in [2.45, 2.75) is 66.0 Å². The van der Waals surface area contributed by atoms with Gasteiger partial charge in [-0.15, -0.1) is 0 Å². The lowest BCUT2D eigenvalue weighted by molar-refractivity contribution is 0.0218. The van der Waals surface area contributed by atoms with E-state index < -0.39 is 46.1 Å². The number of amides is 1. The Kier molecular flexibility index (Phi) is 7.97. The van der Waals surface area contributed by atoms with Crippen LogP contribution in [0.15, 0.2) is 45.9 Å². The maximum Gasteiger partial charge on any atom is 0.410 e. The molecule has 0 N–H and O–H groups in total. The number of fused-ring (bicyclic) bond motifs is 2. The van der Waals surface area contributed by atoms with Gasteiger partial charge in [0.1, 0.15) is 22.7 Å². The van der Waals surface area contributed by atoms with E-state index in [0.717, 1.165) is 12.1 Å². The number of carbonyl (C=O) groups excluding carboxylic acids is 1. The number of piperazine rings is 1. The number of furan rings is 1. The van der Waals surface area contributed by atoms with E-state index in [-0.39, 0.29) is 59.4 Å². The number of pyridine rings is 2. The molecule has 1 aromatic carbocycles. The van der Waals surface area contributed by atoms with Crippen LogP contribution in [0.1, 0.15) is 58.7 Å². The number of halogens is 3. The van der Waals surface area contributed by atoms with E-state index in [1.165, 1.54) is 16.9 Å². The minimum Gasteiger partial charge on any atom is -0.464 e. The van der Waals surface area contributed by atoms with E-state index in [2.05, 4.69) is 15.0 Å². The van der Waals surface area contributed by atoms with Crippen LogP contribution < -0.4 is 10.6 Å². The number of aryl methyl sites for hydroxylation is 1. The Hall–Kier alpha value is -4.94. The second-order valence-corrected chi connectivity index (χ2v) is 13.1. The van der Waals surface area contributed by atoms with Gasteiger partial charge in [-0.3, -0.25) is 4.98 Å². The molecule has 6 rings (SSSR count). The van der Waals surface area contributed by atoms with Crippen molar-refractivity contribution in [3.8, 4) is 16.9 Å². The van der Waals surface area contributed by atoms with Crippen molar-refractivity contribution in [3.63, 3.8) is 0 Å². The second-order valence-electron chi connectivity index (χ2n) is 13.1. The number of nitrogens with zero attached hydrogens (tertiary/aromatic N) is 6. The third-order valence-corrected chi connectivity index (χ3v) is 8.15. The third kappa shape index (κ3) is 5.68. The number of rotatable bonds is 4. The van der Waals surface area contributed by atoms with Crippen molar-refractivity contribution >= 4 is 33.9 Å². The van der Waals surface area contributed by atoms with Gasteiger partial charge >= 0.3 is 11.8 Å². The van der Waals surface area contributed by atoms with Crippen LogP contribution in [0.4, 0.5) is 23.8 Å². The molecule has 1 atom stereocenters. The summed E-state index contributed by atoms with van der Waals surface area (Å²) in [5.41, 5.74) is -0.901. The van der Waals surface area contributed by atoms with Crippen LogP contribution in [-0.2, 0) is 4.74 Å². The largest absolute Gasteiger partial charge is 0.464 e. The molecular formula is C34H35F3N6O4. The fourth-order valence-corrected chi connectivity index (χ4v) is 6.02. The summed E-state index contributed by atoms with van der Waals surface area (Å²) >= 11 is 0. The van der Waals surface area contributed by atoms with Crippen molar-refractivity contribution in [2.75, 3.05) is 24.5 Å². The molecule has 0 radical (unpaired) electrons. The van der Waals surface area contributed by atoms with Crippen LogP contribution in [0.5, 0.6) is 0 Å². The number of hydrogen-bond acceptors (Lipinski definition) is 8. The Morgan fingerprint density at radius 1 is 1.09 bits per heavy atom. The van der Waals surface area contributed by atoms with Gasteiger partial charge in [0, 0.05) is 37.3 Å². The van der Waals surface area contributed by atoms with Gasteiger partial charge in [0.15, 0.2) is 23.1 Å². The standard InChI is InChI=1S/C34H35F3N6O4/c1-17(2)26-28(18(3)8-10-38-26)43-31-21(15-23(36)27(39-31)24-25(37)22(35)14-20-9-13-46-29(20)24)30(40-32(43)44)42-12-11-41(16-19(42)4)33(45)47-34(5,6)7/h8-10,13-15,17,19H,11-12,16H2,1-7H3/t19-/m0/s1. The molecule has 0 aliphatic carbocycles. The number of aromatic nitrogens is 4. The van der Waals surface area contributed by atoms with E-state index in [1.54, 1.807) is 44.9 Å². The first kappa shape index (κ1) is 32.0. The van der Waals surface area contributed by atoms with Gasteiger partial charge in [0.05, 0.1) is 28.6 Å². The second kappa shape index (κ2) is 11.7. The topological polar surface area (TPSA) is 107 Å². The van der Waals surface area contributed by atoms with Crippen LogP contribution in [0.3, 0.4) is 0 Å². The molecule has 4 aromatic heterocycles. The highest BCUT2D eigenvalue weighted by molar-refractivity contribution is 5.95. The minimum absolute atomic E-state index is 0.0282. The lowest BCUT2D eigenvalue weighted by Crippen LogP contribution is -2.55. The number of ether oxygens (including phenoxy) is 1. The summed E-state index contributed by atoms with van der Waals surface area (Å²) in [5, 5.41) is 0.378. The molecule has 246 valence electrons. The molecule has 1 aliphatic heterocycles. The Bertz CT molecular complexity index is 2100. The smallest absolute Gasteiger partial charge is 0.410 e. The van der Waals surface area contributed by atoms with Gasteiger partial charge in [-0.2, -0.15) is 4.98 Å². The molecule has 0 saturated carbocycles. The quantitative estimate of drug-likeness (QED) is 0.208. The molecule has 47 heavy (non-hydrogen) atoms. The number of benzene rings is 1. The third-order valence-electron chi connectivity index (χ3n) is 8.15. The SMILES string of the molecule is Cc1ccnc(C(C)C)c1-n1c(=O)nc(N2CCN(C(=O)OC(C)(C)C)C[C@@H]2C)c2cc(F)c(-c3c(F)c(F)cc4ccoc34)nc21. The molecule has 13 heteroatoms. The van der Waals surface area contributed by atoms with E-state index in [4.69, 9.17) is 9.15 Å². The summed E-state index contributed by atoms with van der Waals surface area (Å²) in [6.45, 7) is 13.6. The van der Waals surface area contributed by atoms with Gasteiger partial charge in [-0.1, -0.05) is 13.8 Å². The van der Waals surface area contributed by atoms with Crippen LogP contribution in [-0.4, -0.2) is 61.8 Å². The fourth-order valence-electron chi connectivity index (χ4n) is 6.02. The molecular weight excluding hydrogens is 613 g/mol. The first-order valence-electron chi connectivity index (χ1n) is 15.4. The molecule has 5 aromatic rings. The van der Waals surface area contributed by atoms with E-state index in [1.807, 2.05) is 25.7 Å². The van der Waals surface area contributed by atoms with Crippen molar-refractivity contribution in [3.05, 3.63) is 75.9 Å². The van der Waals surface area contributed by atoms with E-state index >= 15 is 8.78 Å². The molecule has 0 spiro atoms. The van der Waals surface area contributed by atoms with E-state index in [9.17, 15) is 14.0 Å². The number of carbonyl (C=O) groups is 1. The van der Waals surface area contributed by atoms with Gasteiger partial charge < -0.3 is 19.0 Å². The van der Waals surface area contributed by atoms with Gasteiger partial charge in [0.2, 0.25) is 0 Å². The maximum atomic E-state index is 16.2. The summed E-state index contributed by atoms with van der Waals surface area (Å²) in [4.78, 5) is 43.8. The lowest BCUT2D eigenvalue weighted by Gasteiger charge is -2.41. The fraction of sp³-hybridized carbons (Fsp3) is 0.382. The van der Waals surface area contributed by atoms with Crippen molar-refractivity contribution in [2.24, 2.45) is 0 Å². The highest BCUT2D eigenvalue weighted by atomic mass is 19.2. The molecule has 5 heterocycles. The van der Waals surface area contributed by atoms with Gasteiger partial charge in [0.25, 0.3) is 0 Å². The first-order chi connectivity index (χ1) is 22.2. The monoisotopic (exact) mass is 648 g/mol. The van der Waals surface area contributed by atoms with Gasteiger partial charge in [-0.05, 0) is 70.4 Å². The summed E-state index contributed by atoms with van der Waals surface area (Å²) in [6, 6.07) is 4.89. The van der Waals surface area contributed by atoms with Crippen LogP contribution in [0.25, 0.3) is 38.9 Å². The summed E-state index contributed by atoms with van der Waals surface area (Å²) in [5.74, 6) is -3.50. The maximum absolute atomic E-state index is 16.2. The van der Waals surface area contributed by atoms with Gasteiger partial charge in [-0.25, -0.2) is 32.3 Å². The normalized spacial score (nSPS) is 15.7. The summed E-state index contributed by atoms with van der Waals surface area (Å²) < 4.78 is 58.7. The molecule has 0 unspecified atom stereocenters. The highest BCUT2D eigenvalue weighted by Crippen LogP contribution is 2.38. The van der Waals surface area contributed by atoms with Crippen molar-refractivity contribution in [1.29, 1.82) is 0 Å². The number of hydrogen-bond donors (Lipinski definition) is 0. The molecule has 0 bridgehead atoms. The molecule has 1 fully saturated rings. The highest BCUT2D eigenvalue weighted by Gasteiger charge is 2.33. The zero-order valence-corrected chi connectivity index (χ0v) is 27.2. The Labute approximate surface area is 268 Å². The first-order valence-corrected chi connectivity index (χ1v) is 15.4. The van der Waals surface area contributed by atoms with Crippen molar-refractivity contribution in [1.82, 2.24) is 24.4 Å². The molecule has 1 saturated heterocycles. The van der Waals surface area contributed by atoms with Crippen molar-refractivity contribution < 1.29 is 27.1 Å². The average molecular weight is 649 g/mol. The molecule has 1 aliphatic rings. The predicted octanol–water partition coefficient (Wildman–Crippen LogP) is 6.88.